The van der Waals surface area contributed by atoms with Crippen LogP contribution in [-0.4, -0.2) is 36.0 Å². The Morgan fingerprint density at radius 3 is 2.79 bits per heavy atom. The van der Waals surface area contributed by atoms with Crippen LogP contribution < -0.4 is 15.5 Å². The van der Waals surface area contributed by atoms with E-state index in [2.05, 4.69) is 5.43 Å². The first-order chi connectivity index (χ1) is 9.06. The number of nitrogens with zero attached hydrogens (tertiary/aromatic N) is 1. The molecule has 0 saturated carbocycles. The molecule has 0 unspecified atom stereocenters. The number of hydrogen-bond acceptors (Lipinski definition) is 4. The van der Waals surface area contributed by atoms with Gasteiger partial charge in [0.1, 0.15) is 12.3 Å². The van der Waals surface area contributed by atoms with Crippen molar-refractivity contribution in [3.8, 4) is 5.75 Å². The van der Waals surface area contributed by atoms with Crippen molar-refractivity contribution in [3.63, 3.8) is 0 Å². The average Bonchev–Trinajstić information content (AvgIpc) is 2.67. The molecule has 7 nitrogen and oxygen atoms in total. The van der Waals surface area contributed by atoms with Gasteiger partial charge in [0.05, 0.1) is 0 Å². The van der Waals surface area contributed by atoms with E-state index in [4.69, 9.17) is 4.74 Å². The van der Waals surface area contributed by atoms with Crippen LogP contribution in [0.4, 0.5) is 4.79 Å². The normalized spacial score (nSPS) is 14.3. The van der Waals surface area contributed by atoms with Gasteiger partial charge >= 0.3 is 6.03 Å². The van der Waals surface area contributed by atoms with Crippen molar-refractivity contribution in [2.45, 2.75) is 6.92 Å². The Bertz CT molecular complexity index is 529. The van der Waals surface area contributed by atoms with Crippen LogP contribution in [0.5, 0.6) is 5.75 Å². The van der Waals surface area contributed by atoms with E-state index in [9.17, 15) is 14.4 Å². The number of benzene rings is 1. The van der Waals surface area contributed by atoms with Crippen LogP contribution >= 0.6 is 0 Å². The summed E-state index contributed by atoms with van der Waals surface area (Å²) in [5.74, 6) is -0.363. The fourth-order valence-corrected chi connectivity index (χ4v) is 1.58. The molecule has 0 spiro atoms. The molecule has 0 aliphatic carbocycles. The second kappa shape index (κ2) is 5.38. The number of ether oxygens (including phenoxy) is 1. The average molecular weight is 263 g/mol. The van der Waals surface area contributed by atoms with E-state index >= 15 is 0 Å². The summed E-state index contributed by atoms with van der Waals surface area (Å²) >= 11 is 0. The number of rotatable bonds is 4. The minimum atomic E-state index is -0.644. The van der Waals surface area contributed by atoms with Gasteiger partial charge in [-0.2, -0.15) is 0 Å². The monoisotopic (exact) mass is 263 g/mol. The second-order valence-electron chi connectivity index (χ2n) is 4.03. The molecule has 100 valence electrons. The van der Waals surface area contributed by atoms with Crippen molar-refractivity contribution < 1.29 is 19.1 Å². The number of nitrogens with one attached hydrogen (secondary N) is 2. The van der Waals surface area contributed by atoms with Crippen LogP contribution in [-0.2, 0) is 9.59 Å². The van der Waals surface area contributed by atoms with Gasteiger partial charge in [0, 0.05) is 0 Å². The zero-order chi connectivity index (χ0) is 13.8. The minimum absolute atomic E-state index is 0.186. The number of aryl methyl sites for hydroxylation is 1. The summed E-state index contributed by atoms with van der Waals surface area (Å²) in [7, 11) is 0. The van der Waals surface area contributed by atoms with E-state index < -0.39 is 17.8 Å². The van der Waals surface area contributed by atoms with Gasteiger partial charge in [-0.3, -0.25) is 20.3 Å². The predicted octanol–water partition coefficient (Wildman–Crippen LogP) is -0.0432. The van der Waals surface area contributed by atoms with E-state index in [1.165, 1.54) is 0 Å². The van der Waals surface area contributed by atoms with Crippen LogP contribution in [0.15, 0.2) is 24.3 Å². The van der Waals surface area contributed by atoms with Crippen molar-refractivity contribution in [3.05, 3.63) is 29.8 Å². The lowest BCUT2D eigenvalue weighted by molar-refractivity contribution is -0.127. The van der Waals surface area contributed by atoms with Crippen LogP contribution in [0.2, 0.25) is 0 Å². The number of carbonyl (C=O) groups is 3. The van der Waals surface area contributed by atoms with Crippen LogP contribution in [0.3, 0.4) is 0 Å². The summed E-state index contributed by atoms with van der Waals surface area (Å²) < 4.78 is 5.32. The number of hydrazine groups is 1. The van der Waals surface area contributed by atoms with Gasteiger partial charge in [-0.15, -0.1) is 0 Å². The zero-order valence-corrected chi connectivity index (χ0v) is 10.3. The van der Waals surface area contributed by atoms with Crippen LogP contribution in [0.1, 0.15) is 5.56 Å². The quantitative estimate of drug-likeness (QED) is 0.746. The Kier molecular flexibility index (Phi) is 3.65. The molecule has 0 atom stereocenters. The fraction of sp³-hybridized carbons (Fsp3) is 0.250. The number of amides is 4. The van der Waals surface area contributed by atoms with E-state index in [0.29, 0.717) is 5.75 Å². The molecule has 19 heavy (non-hydrogen) atoms. The number of urea groups is 1. The topological polar surface area (TPSA) is 87.7 Å². The van der Waals surface area contributed by atoms with Gasteiger partial charge in [0.15, 0.2) is 6.61 Å². The SMILES string of the molecule is Cc1ccccc1OCC(=O)NN1CC(=O)NC1=O. The highest BCUT2D eigenvalue weighted by Gasteiger charge is 2.28. The maximum Gasteiger partial charge on any atom is 0.343 e. The third-order valence-electron chi connectivity index (χ3n) is 2.51. The van der Waals surface area contributed by atoms with Crippen LogP contribution in [0, 0.1) is 6.92 Å². The third-order valence-corrected chi connectivity index (χ3v) is 2.51. The molecule has 4 amide bonds. The molecular weight excluding hydrogens is 250 g/mol. The van der Waals surface area contributed by atoms with Crippen molar-refractivity contribution in [1.82, 2.24) is 15.8 Å². The Morgan fingerprint density at radius 1 is 1.42 bits per heavy atom. The smallest absolute Gasteiger partial charge is 0.343 e. The molecule has 2 rings (SSSR count). The molecule has 0 radical (unpaired) electrons. The highest BCUT2D eigenvalue weighted by atomic mass is 16.5. The minimum Gasteiger partial charge on any atom is -0.483 e. The highest BCUT2D eigenvalue weighted by Crippen LogP contribution is 2.15. The van der Waals surface area contributed by atoms with Gasteiger partial charge in [0.25, 0.3) is 5.91 Å². The lowest BCUT2D eigenvalue weighted by Crippen LogP contribution is -2.46. The number of para-hydroxylation sites is 1. The molecule has 1 aromatic rings. The molecule has 7 heteroatoms. The van der Waals surface area contributed by atoms with Crippen molar-refractivity contribution >= 4 is 17.8 Å². The summed E-state index contributed by atoms with van der Waals surface area (Å²) in [6, 6.07) is 6.62. The van der Waals surface area contributed by atoms with Crippen LogP contribution in [0.25, 0.3) is 0 Å². The third kappa shape index (κ3) is 3.21. The zero-order valence-electron chi connectivity index (χ0n) is 10.3. The predicted molar refractivity (Wildman–Crippen MR) is 65.1 cm³/mol. The molecule has 1 saturated heterocycles. The number of imide groups is 1. The largest absolute Gasteiger partial charge is 0.483 e. The van der Waals surface area contributed by atoms with Crippen molar-refractivity contribution in [1.29, 1.82) is 0 Å². The molecule has 1 fully saturated rings. The van der Waals surface area contributed by atoms with E-state index in [1.54, 1.807) is 12.1 Å². The molecule has 0 bridgehead atoms. The molecule has 1 aliphatic rings. The Labute approximate surface area is 109 Å². The standard InChI is InChI=1S/C12H13N3O4/c1-8-4-2-3-5-9(8)19-7-11(17)14-15-6-10(16)13-12(15)18/h2-5H,6-7H2,1H3,(H,14,17)(H,13,16,18). The Morgan fingerprint density at radius 2 is 2.16 bits per heavy atom. The van der Waals surface area contributed by atoms with E-state index in [1.807, 2.05) is 24.4 Å². The van der Waals surface area contributed by atoms with Gasteiger partial charge in [-0.05, 0) is 18.6 Å². The summed E-state index contributed by atoms with van der Waals surface area (Å²) in [6.07, 6.45) is 0. The number of hydrogen-bond donors (Lipinski definition) is 2. The van der Waals surface area contributed by atoms with E-state index in [-0.39, 0.29) is 13.2 Å². The maximum absolute atomic E-state index is 11.6. The highest BCUT2D eigenvalue weighted by molar-refractivity contribution is 6.02. The lowest BCUT2D eigenvalue weighted by atomic mass is 10.2. The first-order valence-electron chi connectivity index (χ1n) is 5.65. The summed E-state index contributed by atoms with van der Waals surface area (Å²) in [4.78, 5) is 33.7. The molecular formula is C12H13N3O4. The Hall–Kier alpha value is -2.57. The first kappa shape index (κ1) is 12.9. The summed E-state index contributed by atoms with van der Waals surface area (Å²) in [5.41, 5.74) is 3.19. The van der Waals surface area contributed by atoms with Crippen molar-refractivity contribution in [2.24, 2.45) is 0 Å². The first-order valence-corrected chi connectivity index (χ1v) is 5.65. The molecule has 1 heterocycles. The maximum atomic E-state index is 11.6. The van der Waals surface area contributed by atoms with Gasteiger partial charge < -0.3 is 4.74 Å². The lowest BCUT2D eigenvalue weighted by Gasteiger charge is -2.15. The van der Waals surface area contributed by atoms with Gasteiger partial charge in [-0.25, -0.2) is 9.80 Å². The molecule has 2 N–H and O–H groups in total. The molecule has 1 aromatic carbocycles. The summed E-state index contributed by atoms with van der Waals surface area (Å²) in [6.45, 7) is 1.44. The molecule has 1 aliphatic heterocycles. The second-order valence-corrected chi connectivity index (χ2v) is 4.03. The fourth-order valence-electron chi connectivity index (χ4n) is 1.58. The van der Waals surface area contributed by atoms with Crippen molar-refractivity contribution in [2.75, 3.05) is 13.2 Å². The summed E-state index contributed by atoms with van der Waals surface area (Å²) in [5, 5.41) is 2.96. The van der Waals surface area contributed by atoms with Gasteiger partial charge in [-0.1, -0.05) is 18.2 Å². The Balaban J connectivity index is 1.84. The van der Waals surface area contributed by atoms with E-state index in [0.717, 1.165) is 10.6 Å². The number of carbonyl (C=O) groups excluding carboxylic acids is 3. The van der Waals surface area contributed by atoms with Gasteiger partial charge in [0.2, 0.25) is 5.91 Å². The molecule has 0 aromatic heterocycles.